The van der Waals surface area contributed by atoms with E-state index in [1.54, 1.807) is 0 Å². The molecule has 0 aromatic carbocycles. The summed E-state index contributed by atoms with van der Waals surface area (Å²) in [6.07, 6.45) is 2.16. The normalized spacial score (nSPS) is 36.2. The lowest BCUT2D eigenvalue weighted by Crippen LogP contribution is -2.32. The lowest BCUT2D eigenvalue weighted by molar-refractivity contribution is 0.257. The lowest BCUT2D eigenvalue weighted by atomic mass is 10.0. The second-order valence-electron chi connectivity index (χ2n) is 4.17. The van der Waals surface area contributed by atoms with Gasteiger partial charge in [-0.25, -0.2) is 4.39 Å². The van der Waals surface area contributed by atoms with Gasteiger partial charge in [0.15, 0.2) is 0 Å². The molecule has 0 amide bonds. The molecule has 1 aliphatic carbocycles. The molecule has 1 rings (SSSR count). The zero-order valence-electron chi connectivity index (χ0n) is 8.31. The van der Waals surface area contributed by atoms with Gasteiger partial charge < -0.3 is 5.32 Å². The number of hydrogen-bond donors (Lipinski definition) is 1. The molecule has 0 aromatic heterocycles. The Morgan fingerprint density at radius 1 is 1.42 bits per heavy atom. The van der Waals surface area contributed by atoms with E-state index in [4.69, 9.17) is 0 Å². The summed E-state index contributed by atoms with van der Waals surface area (Å²) in [6.45, 7) is 6.31. The Morgan fingerprint density at radius 2 is 2.08 bits per heavy atom. The van der Waals surface area contributed by atoms with Crippen molar-refractivity contribution in [2.45, 2.75) is 58.3 Å². The second kappa shape index (κ2) is 4.22. The fraction of sp³-hybridized carbons (Fsp3) is 1.00. The topological polar surface area (TPSA) is 12.0 Å². The summed E-state index contributed by atoms with van der Waals surface area (Å²) in [5.41, 5.74) is 0. The molecule has 3 atom stereocenters. The first kappa shape index (κ1) is 9.97. The monoisotopic (exact) mass is 173 g/mol. The lowest BCUT2D eigenvalue weighted by Gasteiger charge is -2.15. The maximum atomic E-state index is 13.2. The molecule has 0 heterocycles. The van der Waals surface area contributed by atoms with Crippen LogP contribution >= 0.6 is 0 Å². The summed E-state index contributed by atoms with van der Waals surface area (Å²) in [5, 5.41) is 3.40. The Labute approximate surface area is 74.7 Å². The van der Waals surface area contributed by atoms with Crippen LogP contribution in [0, 0.1) is 5.92 Å². The fourth-order valence-electron chi connectivity index (χ4n) is 2.10. The van der Waals surface area contributed by atoms with E-state index in [1.807, 2.05) is 0 Å². The smallest absolute Gasteiger partial charge is 0.104 e. The molecule has 0 aromatic rings. The van der Waals surface area contributed by atoms with E-state index in [0.29, 0.717) is 18.0 Å². The second-order valence-corrected chi connectivity index (χ2v) is 4.17. The predicted molar refractivity (Wildman–Crippen MR) is 50.0 cm³/mol. The molecule has 1 fully saturated rings. The van der Waals surface area contributed by atoms with Crippen molar-refractivity contribution in [3.8, 4) is 0 Å². The van der Waals surface area contributed by atoms with Crippen molar-refractivity contribution >= 4 is 0 Å². The van der Waals surface area contributed by atoms with Gasteiger partial charge in [0, 0.05) is 12.1 Å². The molecule has 1 aliphatic rings. The third kappa shape index (κ3) is 2.44. The number of alkyl halides is 1. The van der Waals surface area contributed by atoms with Gasteiger partial charge in [0.05, 0.1) is 0 Å². The van der Waals surface area contributed by atoms with Gasteiger partial charge in [0.1, 0.15) is 6.17 Å². The maximum Gasteiger partial charge on any atom is 0.104 e. The molecule has 0 aliphatic heterocycles. The van der Waals surface area contributed by atoms with Crippen LogP contribution in [0.15, 0.2) is 0 Å². The predicted octanol–water partition coefficient (Wildman–Crippen LogP) is 2.51. The van der Waals surface area contributed by atoms with Gasteiger partial charge in [0.25, 0.3) is 0 Å². The highest BCUT2D eigenvalue weighted by atomic mass is 19.1. The van der Waals surface area contributed by atoms with E-state index >= 15 is 0 Å². The average molecular weight is 173 g/mol. The van der Waals surface area contributed by atoms with Gasteiger partial charge in [-0.2, -0.15) is 0 Å². The Bertz CT molecular complexity index is 136. The standard InChI is InChI=1S/C10H20FN/c1-4-8-5-9(6-10(8)11)12-7(2)3/h7-10,12H,4-6H2,1-3H3/t8-,9+,10+/m1/s1. The highest BCUT2D eigenvalue weighted by Crippen LogP contribution is 2.31. The fourth-order valence-corrected chi connectivity index (χ4v) is 2.10. The number of rotatable bonds is 3. The van der Waals surface area contributed by atoms with Gasteiger partial charge in [-0.1, -0.05) is 27.2 Å². The molecule has 1 saturated carbocycles. The molecule has 0 bridgehead atoms. The summed E-state index contributed by atoms with van der Waals surface area (Å²) in [4.78, 5) is 0. The van der Waals surface area contributed by atoms with Crippen molar-refractivity contribution in [2.75, 3.05) is 0 Å². The van der Waals surface area contributed by atoms with Crippen LogP contribution in [0.2, 0.25) is 0 Å². The van der Waals surface area contributed by atoms with E-state index in [2.05, 4.69) is 26.1 Å². The largest absolute Gasteiger partial charge is 0.312 e. The van der Waals surface area contributed by atoms with Crippen molar-refractivity contribution in [1.29, 1.82) is 0 Å². The van der Waals surface area contributed by atoms with Crippen LogP contribution in [0.25, 0.3) is 0 Å². The van der Waals surface area contributed by atoms with E-state index < -0.39 is 6.17 Å². The summed E-state index contributed by atoms with van der Waals surface area (Å²) >= 11 is 0. The van der Waals surface area contributed by atoms with Gasteiger partial charge in [-0.3, -0.25) is 0 Å². The van der Waals surface area contributed by atoms with Crippen molar-refractivity contribution in [1.82, 2.24) is 5.32 Å². The summed E-state index contributed by atoms with van der Waals surface area (Å²) in [7, 11) is 0. The first-order valence-corrected chi connectivity index (χ1v) is 5.03. The maximum absolute atomic E-state index is 13.2. The van der Waals surface area contributed by atoms with Crippen molar-refractivity contribution in [3.05, 3.63) is 0 Å². The minimum Gasteiger partial charge on any atom is -0.312 e. The van der Waals surface area contributed by atoms with E-state index in [-0.39, 0.29) is 0 Å². The van der Waals surface area contributed by atoms with Crippen LogP contribution in [0.3, 0.4) is 0 Å². The molecule has 0 unspecified atom stereocenters. The highest BCUT2D eigenvalue weighted by molar-refractivity contribution is 4.87. The average Bonchev–Trinajstić information content (AvgIpc) is 2.29. The van der Waals surface area contributed by atoms with E-state index in [1.165, 1.54) is 0 Å². The van der Waals surface area contributed by atoms with Gasteiger partial charge >= 0.3 is 0 Å². The summed E-state index contributed by atoms with van der Waals surface area (Å²) < 4.78 is 13.2. The van der Waals surface area contributed by atoms with Crippen LogP contribution in [-0.4, -0.2) is 18.3 Å². The third-order valence-electron chi connectivity index (χ3n) is 2.70. The van der Waals surface area contributed by atoms with Crippen LogP contribution in [-0.2, 0) is 0 Å². The molecular weight excluding hydrogens is 153 g/mol. The molecule has 12 heavy (non-hydrogen) atoms. The molecule has 72 valence electrons. The van der Waals surface area contributed by atoms with Crippen molar-refractivity contribution in [2.24, 2.45) is 5.92 Å². The number of halogens is 1. The minimum atomic E-state index is -0.564. The van der Waals surface area contributed by atoms with Crippen LogP contribution in [0.5, 0.6) is 0 Å². The minimum absolute atomic E-state index is 0.307. The summed E-state index contributed by atoms with van der Waals surface area (Å²) in [6, 6.07) is 0.905. The van der Waals surface area contributed by atoms with E-state index in [9.17, 15) is 4.39 Å². The Hall–Kier alpha value is -0.110. The Morgan fingerprint density at radius 3 is 2.50 bits per heavy atom. The van der Waals surface area contributed by atoms with Crippen LogP contribution in [0.1, 0.15) is 40.0 Å². The first-order valence-electron chi connectivity index (χ1n) is 5.03. The zero-order chi connectivity index (χ0) is 9.14. The molecule has 0 spiro atoms. The van der Waals surface area contributed by atoms with Gasteiger partial charge in [0.2, 0.25) is 0 Å². The molecule has 0 saturated heterocycles. The highest BCUT2D eigenvalue weighted by Gasteiger charge is 2.32. The van der Waals surface area contributed by atoms with Crippen molar-refractivity contribution in [3.63, 3.8) is 0 Å². The van der Waals surface area contributed by atoms with Crippen molar-refractivity contribution < 1.29 is 4.39 Å². The first-order chi connectivity index (χ1) is 5.63. The Balaban J connectivity index is 2.33. The SMILES string of the molecule is CC[C@@H]1C[C@H](NC(C)C)C[C@@H]1F. The third-order valence-corrected chi connectivity index (χ3v) is 2.70. The van der Waals surface area contributed by atoms with Gasteiger partial charge in [-0.05, 0) is 18.8 Å². The molecular formula is C10H20FN. The molecule has 1 nitrogen and oxygen atoms in total. The van der Waals surface area contributed by atoms with Crippen LogP contribution < -0.4 is 5.32 Å². The number of nitrogens with one attached hydrogen (secondary N) is 1. The van der Waals surface area contributed by atoms with E-state index in [0.717, 1.165) is 19.3 Å². The number of hydrogen-bond acceptors (Lipinski definition) is 1. The zero-order valence-corrected chi connectivity index (χ0v) is 8.31. The quantitative estimate of drug-likeness (QED) is 0.691. The van der Waals surface area contributed by atoms with Gasteiger partial charge in [-0.15, -0.1) is 0 Å². The molecule has 2 heteroatoms. The molecule has 1 N–H and O–H groups in total. The van der Waals surface area contributed by atoms with Crippen LogP contribution in [0.4, 0.5) is 4.39 Å². The Kier molecular flexibility index (Phi) is 3.51. The molecule has 0 radical (unpaired) electrons. The summed E-state index contributed by atoms with van der Waals surface area (Å²) in [5.74, 6) is 0.307.